The van der Waals surface area contributed by atoms with Gasteiger partial charge in [0, 0.05) is 37.1 Å². The summed E-state index contributed by atoms with van der Waals surface area (Å²) < 4.78 is 0. The number of benzene rings is 1. The zero-order valence-electron chi connectivity index (χ0n) is 19.0. The highest BCUT2D eigenvalue weighted by molar-refractivity contribution is 5.94. The highest BCUT2D eigenvalue weighted by Gasteiger charge is 2.31. The zero-order chi connectivity index (χ0) is 21.6. The fraction of sp³-hybridized carbons (Fsp3) is 0.538. The van der Waals surface area contributed by atoms with Crippen molar-refractivity contribution in [2.24, 2.45) is 5.92 Å². The number of piperidine rings is 1. The van der Waals surface area contributed by atoms with Crippen molar-refractivity contribution in [2.75, 3.05) is 46.8 Å². The summed E-state index contributed by atoms with van der Waals surface area (Å²) in [4.78, 5) is 24.2. The van der Waals surface area contributed by atoms with Crippen LogP contribution in [0.1, 0.15) is 40.7 Å². The van der Waals surface area contributed by atoms with Gasteiger partial charge in [0.05, 0.1) is 0 Å². The van der Waals surface area contributed by atoms with Crippen LogP contribution < -0.4 is 0 Å². The van der Waals surface area contributed by atoms with Crippen LogP contribution in [0.15, 0.2) is 48.8 Å². The van der Waals surface area contributed by atoms with E-state index in [2.05, 4.69) is 58.0 Å². The van der Waals surface area contributed by atoms with Crippen molar-refractivity contribution in [3.8, 4) is 0 Å². The standard InChI is InChI=1S/C26H36N4O/c1-28(2)14-5-15-30(26(31)22-8-12-27-13-9-22)20-21-10-16-29(17-11-21)25-18-23-6-3-4-7-24(23)19-25/h3-4,6-9,12-13,21,25H,5,10-11,14-20H2,1-2H3. The van der Waals surface area contributed by atoms with Crippen molar-refractivity contribution < 1.29 is 4.79 Å². The summed E-state index contributed by atoms with van der Waals surface area (Å²) in [5, 5.41) is 0. The molecule has 5 heteroatoms. The molecule has 31 heavy (non-hydrogen) atoms. The molecule has 1 fully saturated rings. The molecule has 2 aromatic rings. The minimum Gasteiger partial charge on any atom is -0.338 e. The van der Waals surface area contributed by atoms with Crippen LogP contribution in [0.3, 0.4) is 0 Å². The first-order valence-electron chi connectivity index (χ1n) is 11.7. The van der Waals surface area contributed by atoms with Crippen molar-refractivity contribution in [1.29, 1.82) is 0 Å². The van der Waals surface area contributed by atoms with Gasteiger partial charge in [0.25, 0.3) is 5.91 Å². The number of hydrogen-bond donors (Lipinski definition) is 0. The number of rotatable bonds is 8. The molecule has 1 aliphatic carbocycles. The van der Waals surface area contributed by atoms with Gasteiger partial charge in [0.2, 0.25) is 0 Å². The Hall–Kier alpha value is -2.24. The zero-order valence-corrected chi connectivity index (χ0v) is 19.0. The summed E-state index contributed by atoms with van der Waals surface area (Å²) in [5.41, 5.74) is 3.82. The third kappa shape index (κ3) is 5.72. The van der Waals surface area contributed by atoms with E-state index in [0.717, 1.165) is 44.7 Å². The third-order valence-corrected chi connectivity index (χ3v) is 6.92. The van der Waals surface area contributed by atoms with Crippen molar-refractivity contribution in [2.45, 2.75) is 38.1 Å². The van der Waals surface area contributed by atoms with Crippen LogP contribution in [0, 0.1) is 5.92 Å². The lowest BCUT2D eigenvalue weighted by Crippen LogP contribution is -2.45. The third-order valence-electron chi connectivity index (χ3n) is 6.92. The first-order valence-corrected chi connectivity index (χ1v) is 11.7. The van der Waals surface area contributed by atoms with Crippen LogP contribution in [0.5, 0.6) is 0 Å². The van der Waals surface area contributed by atoms with E-state index in [1.54, 1.807) is 12.4 Å². The molecule has 1 aromatic carbocycles. The maximum atomic E-state index is 13.2. The van der Waals surface area contributed by atoms with Crippen molar-refractivity contribution in [3.63, 3.8) is 0 Å². The van der Waals surface area contributed by atoms with Crippen molar-refractivity contribution in [1.82, 2.24) is 19.7 Å². The molecule has 2 aliphatic rings. The molecular weight excluding hydrogens is 384 g/mol. The number of hydrogen-bond acceptors (Lipinski definition) is 4. The molecule has 0 radical (unpaired) electrons. The van der Waals surface area contributed by atoms with Crippen LogP contribution in [-0.4, -0.2) is 78.5 Å². The Morgan fingerprint density at radius 2 is 1.65 bits per heavy atom. The number of fused-ring (bicyclic) bond motifs is 1. The first kappa shape index (κ1) is 22.0. The topological polar surface area (TPSA) is 39.7 Å². The Bertz CT molecular complexity index is 820. The van der Waals surface area contributed by atoms with Gasteiger partial charge in [-0.2, -0.15) is 0 Å². The molecule has 0 spiro atoms. The molecule has 0 atom stereocenters. The highest BCUT2D eigenvalue weighted by atomic mass is 16.2. The Morgan fingerprint density at radius 3 is 2.26 bits per heavy atom. The lowest BCUT2D eigenvalue weighted by atomic mass is 9.94. The predicted octanol–water partition coefficient (Wildman–Crippen LogP) is 3.35. The summed E-state index contributed by atoms with van der Waals surface area (Å²) in [6, 6.07) is 13.2. The van der Waals surface area contributed by atoms with Crippen LogP contribution in [-0.2, 0) is 12.8 Å². The van der Waals surface area contributed by atoms with E-state index in [1.807, 2.05) is 12.1 Å². The van der Waals surface area contributed by atoms with Gasteiger partial charge < -0.3 is 9.80 Å². The number of aromatic nitrogens is 1. The summed E-state index contributed by atoms with van der Waals surface area (Å²) >= 11 is 0. The number of carbonyl (C=O) groups is 1. The second-order valence-electron chi connectivity index (χ2n) is 9.45. The number of pyridine rings is 1. The SMILES string of the molecule is CN(C)CCCN(CC1CCN(C2Cc3ccccc3C2)CC1)C(=O)c1ccncc1. The minimum atomic E-state index is 0.148. The van der Waals surface area contributed by atoms with Gasteiger partial charge in [0.1, 0.15) is 0 Å². The number of nitrogens with zero attached hydrogens (tertiary/aromatic N) is 4. The Balaban J connectivity index is 1.32. The maximum absolute atomic E-state index is 13.2. The summed E-state index contributed by atoms with van der Waals surface area (Å²) in [6.07, 6.45) is 9.17. The predicted molar refractivity (Wildman–Crippen MR) is 125 cm³/mol. The van der Waals surface area contributed by atoms with E-state index in [1.165, 1.54) is 36.8 Å². The Labute approximate surface area is 187 Å². The molecule has 1 amide bonds. The fourth-order valence-electron chi connectivity index (χ4n) is 5.14. The molecule has 4 rings (SSSR count). The smallest absolute Gasteiger partial charge is 0.253 e. The lowest BCUT2D eigenvalue weighted by molar-refractivity contribution is 0.0661. The maximum Gasteiger partial charge on any atom is 0.253 e. The van der Waals surface area contributed by atoms with Crippen LogP contribution >= 0.6 is 0 Å². The second-order valence-corrected chi connectivity index (χ2v) is 9.45. The quantitative estimate of drug-likeness (QED) is 0.657. The molecular formula is C26H36N4O. The molecule has 166 valence electrons. The fourth-order valence-corrected chi connectivity index (χ4v) is 5.14. The van der Waals surface area contributed by atoms with Gasteiger partial charge in [-0.15, -0.1) is 0 Å². The number of likely N-dealkylation sites (tertiary alicyclic amines) is 1. The molecule has 1 aromatic heterocycles. The van der Waals surface area contributed by atoms with E-state index < -0.39 is 0 Å². The van der Waals surface area contributed by atoms with Gasteiger partial charge in [0.15, 0.2) is 0 Å². The van der Waals surface area contributed by atoms with Crippen molar-refractivity contribution >= 4 is 5.91 Å². The average molecular weight is 421 g/mol. The van der Waals surface area contributed by atoms with Gasteiger partial charge in [-0.1, -0.05) is 24.3 Å². The van der Waals surface area contributed by atoms with Crippen LogP contribution in [0.25, 0.3) is 0 Å². The molecule has 5 nitrogen and oxygen atoms in total. The molecule has 1 saturated heterocycles. The van der Waals surface area contributed by atoms with Crippen LogP contribution in [0.2, 0.25) is 0 Å². The van der Waals surface area contributed by atoms with E-state index in [9.17, 15) is 4.79 Å². The van der Waals surface area contributed by atoms with Crippen molar-refractivity contribution in [3.05, 3.63) is 65.5 Å². The minimum absolute atomic E-state index is 0.148. The lowest BCUT2D eigenvalue weighted by Gasteiger charge is -2.38. The van der Waals surface area contributed by atoms with E-state index >= 15 is 0 Å². The van der Waals surface area contributed by atoms with Crippen LogP contribution in [0.4, 0.5) is 0 Å². The normalized spacial score (nSPS) is 17.8. The molecule has 0 N–H and O–H groups in total. The number of amides is 1. The van der Waals surface area contributed by atoms with E-state index in [0.29, 0.717) is 12.0 Å². The summed E-state index contributed by atoms with van der Waals surface area (Å²) in [7, 11) is 4.18. The van der Waals surface area contributed by atoms with E-state index in [4.69, 9.17) is 0 Å². The second kappa shape index (κ2) is 10.4. The Kier molecular flexibility index (Phi) is 7.36. The monoisotopic (exact) mass is 420 g/mol. The van der Waals surface area contributed by atoms with Gasteiger partial charge >= 0.3 is 0 Å². The van der Waals surface area contributed by atoms with Gasteiger partial charge in [-0.05, 0) is 95.0 Å². The van der Waals surface area contributed by atoms with Gasteiger partial charge in [-0.3, -0.25) is 14.7 Å². The summed E-state index contributed by atoms with van der Waals surface area (Å²) in [6.45, 7) is 4.99. The molecule has 0 unspecified atom stereocenters. The first-order chi connectivity index (χ1) is 15.1. The Morgan fingerprint density at radius 1 is 1.00 bits per heavy atom. The molecule has 0 saturated carbocycles. The van der Waals surface area contributed by atoms with Gasteiger partial charge in [-0.25, -0.2) is 0 Å². The number of carbonyl (C=O) groups excluding carboxylic acids is 1. The molecule has 2 heterocycles. The molecule has 1 aliphatic heterocycles. The van der Waals surface area contributed by atoms with E-state index in [-0.39, 0.29) is 5.91 Å². The summed E-state index contributed by atoms with van der Waals surface area (Å²) in [5.74, 6) is 0.736. The molecule has 0 bridgehead atoms. The highest BCUT2D eigenvalue weighted by Crippen LogP contribution is 2.29. The largest absolute Gasteiger partial charge is 0.338 e. The average Bonchev–Trinajstić information content (AvgIpc) is 3.23.